The van der Waals surface area contributed by atoms with Gasteiger partial charge in [0.2, 0.25) is 0 Å². The highest BCUT2D eigenvalue weighted by atomic mass is 16.2. The first-order chi connectivity index (χ1) is 9.24. The molecule has 4 heteroatoms. The van der Waals surface area contributed by atoms with Crippen molar-refractivity contribution in [1.82, 2.24) is 5.32 Å². The number of nitrogens with two attached hydrogens (primary N) is 1. The van der Waals surface area contributed by atoms with Crippen LogP contribution in [-0.2, 0) is 6.54 Å². The maximum atomic E-state index is 12.3. The van der Waals surface area contributed by atoms with Gasteiger partial charge in [-0.2, -0.15) is 0 Å². The van der Waals surface area contributed by atoms with Crippen molar-refractivity contribution in [3.63, 3.8) is 0 Å². The maximum absolute atomic E-state index is 12.3. The van der Waals surface area contributed by atoms with E-state index in [0.717, 1.165) is 37.1 Å². The van der Waals surface area contributed by atoms with Crippen LogP contribution in [0.25, 0.3) is 0 Å². The minimum atomic E-state index is 0.0204. The minimum Gasteiger partial charge on any atom is -0.335 e. The van der Waals surface area contributed by atoms with E-state index in [2.05, 4.69) is 12.2 Å². The molecule has 104 valence electrons. The van der Waals surface area contributed by atoms with Gasteiger partial charge in [-0.15, -0.1) is 0 Å². The smallest absolute Gasteiger partial charge is 0.322 e. The van der Waals surface area contributed by atoms with Gasteiger partial charge >= 0.3 is 6.03 Å². The molecule has 3 N–H and O–H groups in total. The Morgan fingerprint density at radius 2 is 2.05 bits per heavy atom. The summed E-state index contributed by atoms with van der Waals surface area (Å²) in [5, 5.41) is 3.09. The molecule has 1 aliphatic rings. The molecule has 1 aromatic carbocycles. The number of rotatable bonds is 5. The molecule has 0 bridgehead atoms. The molecule has 1 aliphatic carbocycles. The monoisotopic (exact) mass is 261 g/mol. The first-order valence-corrected chi connectivity index (χ1v) is 7.11. The Hall–Kier alpha value is -1.55. The van der Waals surface area contributed by atoms with Gasteiger partial charge in [0.1, 0.15) is 0 Å². The van der Waals surface area contributed by atoms with E-state index in [4.69, 9.17) is 5.73 Å². The highest BCUT2D eigenvalue weighted by Crippen LogP contribution is 2.20. The lowest BCUT2D eigenvalue weighted by Crippen LogP contribution is -2.47. The van der Waals surface area contributed by atoms with Gasteiger partial charge in [0.25, 0.3) is 0 Å². The van der Waals surface area contributed by atoms with Gasteiger partial charge in [-0.25, -0.2) is 4.79 Å². The van der Waals surface area contributed by atoms with Crippen LogP contribution in [0.1, 0.15) is 38.2 Å². The predicted molar refractivity (Wildman–Crippen MR) is 78.1 cm³/mol. The zero-order valence-corrected chi connectivity index (χ0v) is 11.6. The molecule has 1 saturated carbocycles. The predicted octanol–water partition coefficient (Wildman–Crippen LogP) is 2.62. The summed E-state index contributed by atoms with van der Waals surface area (Å²) >= 11 is 0. The SMILES string of the molecule is CCCN(C(=O)NC1CCC1)c1ccc(CN)cc1. The van der Waals surface area contributed by atoms with E-state index in [1.807, 2.05) is 29.2 Å². The molecule has 0 saturated heterocycles. The zero-order valence-electron chi connectivity index (χ0n) is 11.6. The van der Waals surface area contributed by atoms with Crippen molar-refractivity contribution >= 4 is 11.7 Å². The van der Waals surface area contributed by atoms with Gasteiger partial charge in [-0.1, -0.05) is 19.1 Å². The number of carbonyl (C=O) groups is 1. The maximum Gasteiger partial charge on any atom is 0.322 e. The number of benzene rings is 1. The number of nitrogens with zero attached hydrogens (tertiary/aromatic N) is 1. The Morgan fingerprint density at radius 1 is 1.37 bits per heavy atom. The van der Waals surface area contributed by atoms with E-state index in [-0.39, 0.29) is 6.03 Å². The van der Waals surface area contributed by atoms with Gasteiger partial charge in [-0.3, -0.25) is 4.90 Å². The second-order valence-corrected chi connectivity index (χ2v) is 5.10. The Balaban J connectivity index is 2.05. The number of nitrogens with one attached hydrogen (secondary N) is 1. The van der Waals surface area contributed by atoms with Crippen LogP contribution in [0.15, 0.2) is 24.3 Å². The van der Waals surface area contributed by atoms with Crippen molar-refractivity contribution in [2.75, 3.05) is 11.4 Å². The van der Waals surface area contributed by atoms with Gasteiger partial charge in [0.15, 0.2) is 0 Å². The normalized spacial score (nSPS) is 14.8. The van der Waals surface area contributed by atoms with Crippen LogP contribution in [0.3, 0.4) is 0 Å². The van der Waals surface area contributed by atoms with E-state index in [9.17, 15) is 4.79 Å². The number of hydrogen-bond acceptors (Lipinski definition) is 2. The summed E-state index contributed by atoms with van der Waals surface area (Å²) in [5.74, 6) is 0. The number of carbonyl (C=O) groups excluding carboxylic acids is 1. The lowest BCUT2D eigenvalue weighted by molar-refractivity contribution is 0.234. The average Bonchev–Trinajstić information content (AvgIpc) is 2.40. The molecule has 4 nitrogen and oxygen atoms in total. The summed E-state index contributed by atoms with van der Waals surface area (Å²) < 4.78 is 0. The largest absolute Gasteiger partial charge is 0.335 e. The molecule has 2 rings (SSSR count). The molecule has 1 aromatic rings. The highest BCUT2D eigenvalue weighted by molar-refractivity contribution is 5.92. The van der Waals surface area contributed by atoms with Crippen LogP contribution in [-0.4, -0.2) is 18.6 Å². The molecule has 0 aliphatic heterocycles. The first-order valence-electron chi connectivity index (χ1n) is 7.11. The van der Waals surface area contributed by atoms with E-state index in [1.165, 1.54) is 6.42 Å². The molecular weight excluding hydrogens is 238 g/mol. The van der Waals surface area contributed by atoms with Gasteiger partial charge in [0, 0.05) is 24.8 Å². The van der Waals surface area contributed by atoms with Crippen molar-refractivity contribution in [1.29, 1.82) is 0 Å². The summed E-state index contributed by atoms with van der Waals surface area (Å²) in [6.07, 6.45) is 4.39. The zero-order chi connectivity index (χ0) is 13.7. The molecule has 19 heavy (non-hydrogen) atoms. The third-order valence-electron chi connectivity index (χ3n) is 3.61. The van der Waals surface area contributed by atoms with Gasteiger partial charge in [-0.05, 0) is 43.4 Å². The summed E-state index contributed by atoms with van der Waals surface area (Å²) in [6.45, 7) is 3.35. The Kier molecular flexibility index (Phi) is 4.80. The lowest BCUT2D eigenvalue weighted by Gasteiger charge is -2.30. The number of amides is 2. The number of anilines is 1. The van der Waals surface area contributed by atoms with Crippen LogP contribution in [0.4, 0.5) is 10.5 Å². The summed E-state index contributed by atoms with van der Waals surface area (Å²) in [7, 11) is 0. The molecule has 0 spiro atoms. The van der Waals surface area contributed by atoms with Crippen LogP contribution in [0.5, 0.6) is 0 Å². The lowest BCUT2D eigenvalue weighted by atomic mass is 9.93. The summed E-state index contributed by atoms with van der Waals surface area (Å²) in [6, 6.07) is 8.29. The topological polar surface area (TPSA) is 58.4 Å². The quantitative estimate of drug-likeness (QED) is 0.856. The third-order valence-corrected chi connectivity index (χ3v) is 3.61. The fourth-order valence-electron chi connectivity index (χ4n) is 2.19. The van der Waals surface area contributed by atoms with E-state index in [0.29, 0.717) is 12.6 Å². The van der Waals surface area contributed by atoms with Crippen molar-refractivity contribution in [3.05, 3.63) is 29.8 Å². The number of hydrogen-bond donors (Lipinski definition) is 2. The fraction of sp³-hybridized carbons (Fsp3) is 0.533. The molecule has 0 radical (unpaired) electrons. The standard InChI is InChI=1S/C15H23N3O/c1-2-10-18(15(19)17-13-4-3-5-13)14-8-6-12(11-16)7-9-14/h6-9,13H,2-5,10-11,16H2,1H3,(H,17,19). The van der Waals surface area contributed by atoms with Crippen molar-refractivity contribution < 1.29 is 4.79 Å². The van der Waals surface area contributed by atoms with Crippen LogP contribution < -0.4 is 16.0 Å². The fourth-order valence-corrected chi connectivity index (χ4v) is 2.19. The van der Waals surface area contributed by atoms with E-state index in [1.54, 1.807) is 0 Å². The number of urea groups is 1. The van der Waals surface area contributed by atoms with Crippen LogP contribution >= 0.6 is 0 Å². The van der Waals surface area contributed by atoms with Crippen molar-refractivity contribution in [3.8, 4) is 0 Å². The molecule has 2 amide bonds. The first kappa shape index (κ1) is 13.9. The third kappa shape index (κ3) is 3.47. The van der Waals surface area contributed by atoms with Crippen molar-refractivity contribution in [2.45, 2.75) is 45.2 Å². The second-order valence-electron chi connectivity index (χ2n) is 5.10. The molecular formula is C15H23N3O. The Labute approximate surface area is 115 Å². The van der Waals surface area contributed by atoms with E-state index >= 15 is 0 Å². The van der Waals surface area contributed by atoms with Gasteiger partial charge < -0.3 is 11.1 Å². The Morgan fingerprint density at radius 3 is 2.53 bits per heavy atom. The molecule has 0 aromatic heterocycles. The van der Waals surface area contributed by atoms with Crippen LogP contribution in [0.2, 0.25) is 0 Å². The molecule has 0 unspecified atom stereocenters. The molecule has 1 fully saturated rings. The highest BCUT2D eigenvalue weighted by Gasteiger charge is 2.23. The summed E-state index contributed by atoms with van der Waals surface area (Å²) in [4.78, 5) is 14.1. The second kappa shape index (κ2) is 6.57. The molecule has 0 atom stereocenters. The summed E-state index contributed by atoms with van der Waals surface area (Å²) in [5.41, 5.74) is 7.62. The van der Waals surface area contributed by atoms with Crippen LogP contribution in [0, 0.1) is 0 Å². The van der Waals surface area contributed by atoms with E-state index < -0.39 is 0 Å². The van der Waals surface area contributed by atoms with Gasteiger partial charge in [0.05, 0.1) is 0 Å². The molecule has 0 heterocycles. The average molecular weight is 261 g/mol. The Bertz CT molecular complexity index is 412. The van der Waals surface area contributed by atoms with Crippen molar-refractivity contribution in [2.24, 2.45) is 5.73 Å². The minimum absolute atomic E-state index is 0.0204.